The largest absolute Gasteiger partial charge is 0.465 e. The van der Waals surface area contributed by atoms with Crippen molar-refractivity contribution in [3.8, 4) is 11.5 Å². The van der Waals surface area contributed by atoms with Crippen LogP contribution in [0.2, 0.25) is 0 Å². The number of aromatic amines is 1. The standard InChI is InChI=1S/C19H14N2O7/c1-25-18(23)10-2-4-12-13(6-10)20-16(21-17(12)22)8-26-19(24)11-3-5-14-15(7-11)28-9-27-14/h2-7H,8-9H2,1H3,(H,20,21,22). The summed E-state index contributed by atoms with van der Waals surface area (Å²) in [4.78, 5) is 42.9. The molecule has 0 amide bonds. The van der Waals surface area contributed by atoms with Crippen molar-refractivity contribution in [2.45, 2.75) is 6.61 Å². The number of H-pyrrole nitrogens is 1. The van der Waals surface area contributed by atoms with Crippen molar-refractivity contribution in [1.29, 1.82) is 0 Å². The number of fused-ring (bicyclic) bond motifs is 2. The highest BCUT2D eigenvalue weighted by molar-refractivity contribution is 5.94. The maximum Gasteiger partial charge on any atom is 0.338 e. The average Bonchev–Trinajstić information content (AvgIpc) is 3.18. The monoisotopic (exact) mass is 382 g/mol. The second-order valence-corrected chi connectivity index (χ2v) is 5.88. The molecule has 0 fully saturated rings. The number of nitrogens with zero attached hydrogens (tertiary/aromatic N) is 1. The molecule has 142 valence electrons. The number of rotatable bonds is 4. The minimum absolute atomic E-state index is 0.101. The number of carbonyl (C=O) groups excluding carboxylic acids is 2. The van der Waals surface area contributed by atoms with E-state index < -0.39 is 17.5 Å². The highest BCUT2D eigenvalue weighted by atomic mass is 16.7. The Morgan fingerprint density at radius 3 is 2.64 bits per heavy atom. The first kappa shape index (κ1) is 17.5. The van der Waals surface area contributed by atoms with Crippen LogP contribution >= 0.6 is 0 Å². The van der Waals surface area contributed by atoms with Gasteiger partial charge in [0.05, 0.1) is 29.1 Å². The first-order valence-electron chi connectivity index (χ1n) is 8.23. The summed E-state index contributed by atoms with van der Waals surface area (Å²) in [5.41, 5.74) is 0.424. The quantitative estimate of drug-likeness (QED) is 0.679. The average molecular weight is 382 g/mol. The van der Waals surface area contributed by atoms with Crippen LogP contribution in [0.1, 0.15) is 26.5 Å². The number of hydrogen-bond donors (Lipinski definition) is 1. The Hall–Kier alpha value is -3.88. The molecule has 0 saturated carbocycles. The molecule has 0 atom stereocenters. The molecular formula is C19H14N2O7. The molecule has 2 heterocycles. The summed E-state index contributed by atoms with van der Waals surface area (Å²) in [6.07, 6.45) is 0. The summed E-state index contributed by atoms with van der Waals surface area (Å²) < 4.78 is 20.3. The van der Waals surface area contributed by atoms with Crippen LogP contribution in [-0.2, 0) is 16.1 Å². The van der Waals surface area contributed by atoms with Crippen molar-refractivity contribution < 1.29 is 28.5 Å². The number of nitrogens with one attached hydrogen (secondary N) is 1. The third kappa shape index (κ3) is 3.25. The van der Waals surface area contributed by atoms with Gasteiger partial charge in [-0.3, -0.25) is 4.79 Å². The van der Waals surface area contributed by atoms with E-state index in [1.807, 2.05) is 0 Å². The smallest absolute Gasteiger partial charge is 0.338 e. The molecule has 1 aromatic heterocycles. The molecular weight excluding hydrogens is 368 g/mol. The molecule has 4 rings (SSSR count). The minimum Gasteiger partial charge on any atom is -0.465 e. The molecule has 9 heteroatoms. The van der Waals surface area contributed by atoms with Crippen LogP contribution in [0.5, 0.6) is 11.5 Å². The molecule has 1 aliphatic heterocycles. The summed E-state index contributed by atoms with van der Waals surface area (Å²) in [7, 11) is 1.26. The van der Waals surface area contributed by atoms with Gasteiger partial charge in [-0.1, -0.05) is 0 Å². The van der Waals surface area contributed by atoms with E-state index in [0.29, 0.717) is 22.4 Å². The number of methoxy groups -OCH3 is 1. The van der Waals surface area contributed by atoms with Gasteiger partial charge in [-0.05, 0) is 36.4 Å². The molecule has 0 aliphatic carbocycles. The summed E-state index contributed by atoms with van der Waals surface area (Å²) in [6, 6.07) is 9.09. The Morgan fingerprint density at radius 1 is 1.07 bits per heavy atom. The number of ether oxygens (including phenoxy) is 4. The SMILES string of the molecule is COC(=O)c1ccc2c(=O)[nH]c(COC(=O)c3ccc4c(c3)OCO4)nc2c1. The van der Waals surface area contributed by atoms with E-state index in [0.717, 1.165) is 0 Å². The van der Waals surface area contributed by atoms with Gasteiger partial charge in [0, 0.05) is 0 Å². The summed E-state index contributed by atoms with van der Waals surface area (Å²) >= 11 is 0. The predicted octanol–water partition coefficient (Wildman–Crippen LogP) is 1.80. The lowest BCUT2D eigenvalue weighted by atomic mass is 10.1. The molecule has 0 bridgehead atoms. The van der Waals surface area contributed by atoms with E-state index in [2.05, 4.69) is 14.7 Å². The summed E-state index contributed by atoms with van der Waals surface area (Å²) in [6.45, 7) is -0.148. The lowest BCUT2D eigenvalue weighted by Crippen LogP contribution is -2.15. The molecule has 9 nitrogen and oxygen atoms in total. The Kier molecular flexibility index (Phi) is 4.40. The van der Waals surface area contributed by atoms with E-state index >= 15 is 0 Å². The van der Waals surface area contributed by atoms with Gasteiger partial charge in [0.15, 0.2) is 11.5 Å². The third-order valence-electron chi connectivity index (χ3n) is 4.12. The summed E-state index contributed by atoms with van der Waals surface area (Å²) in [5, 5.41) is 0.304. The van der Waals surface area contributed by atoms with Crippen molar-refractivity contribution in [3.63, 3.8) is 0 Å². The minimum atomic E-state index is -0.607. The molecule has 0 spiro atoms. The van der Waals surface area contributed by atoms with Crippen LogP contribution < -0.4 is 15.0 Å². The predicted molar refractivity (Wildman–Crippen MR) is 95.4 cm³/mol. The topological polar surface area (TPSA) is 117 Å². The van der Waals surface area contributed by atoms with Crippen molar-refractivity contribution in [2.75, 3.05) is 13.9 Å². The number of benzene rings is 2. The third-order valence-corrected chi connectivity index (χ3v) is 4.12. The van der Waals surface area contributed by atoms with Gasteiger partial charge in [0.2, 0.25) is 6.79 Å². The van der Waals surface area contributed by atoms with Gasteiger partial charge in [0.1, 0.15) is 12.4 Å². The van der Waals surface area contributed by atoms with Gasteiger partial charge >= 0.3 is 11.9 Å². The molecule has 1 aliphatic rings. The molecule has 0 unspecified atom stereocenters. The molecule has 1 N–H and O–H groups in total. The zero-order chi connectivity index (χ0) is 19.7. The van der Waals surface area contributed by atoms with Crippen molar-refractivity contribution >= 4 is 22.8 Å². The maximum absolute atomic E-state index is 12.2. The fourth-order valence-electron chi connectivity index (χ4n) is 2.74. The zero-order valence-corrected chi connectivity index (χ0v) is 14.7. The molecule has 2 aromatic carbocycles. The van der Waals surface area contributed by atoms with Crippen molar-refractivity contribution in [3.05, 3.63) is 63.7 Å². The second kappa shape index (κ2) is 7.03. The van der Waals surface area contributed by atoms with Gasteiger partial charge in [-0.25, -0.2) is 14.6 Å². The van der Waals surface area contributed by atoms with E-state index in [-0.39, 0.29) is 30.4 Å². The number of aromatic nitrogens is 2. The fourth-order valence-corrected chi connectivity index (χ4v) is 2.74. The van der Waals surface area contributed by atoms with Crippen LogP contribution in [-0.4, -0.2) is 35.8 Å². The summed E-state index contributed by atoms with van der Waals surface area (Å²) in [5.74, 6) is 0.0123. The van der Waals surface area contributed by atoms with Crippen molar-refractivity contribution in [2.24, 2.45) is 0 Å². The van der Waals surface area contributed by atoms with E-state index in [9.17, 15) is 14.4 Å². The number of hydrogen-bond acceptors (Lipinski definition) is 8. The molecule has 0 saturated heterocycles. The Morgan fingerprint density at radius 2 is 1.82 bits per heavy atom. The van der Waals surface area contributed by atoms with Gasteiger partial charge in [-0.2, -0.15) is 0 Å². The molecule has 28 heavy (non-hydrogen) atoms. The van der Waals surface area contributed by atoms with Gasteiger partial charge < -0.3 is 23.9 Å². The second-order valence-electron chi connectivity index (χ2n) is 5.88. The first-order valence-corrected chi connectivity index (χ1v) is 8.23. The maximum atomic E-state index is 12.2. The number of carbonyl (C=O) groups is 2. The Balaban J connectivity index is 1.55. The molecule has 3 aromatic rings. The number of esters is 2. The Bertz CT molecular complexity index is 1150. The fraction of sp³-hybridized carbons (Fsp3) is 0.158. The molecule has 0 radical (unpaired) electrons. The highest BCUT2D eigenvalue weighted by Gasteiger charge is 2.17. The van der Waals surface area contributed by atoms with Crippen molar-refractivity contribution in [1.82, 2.24) is 9.97 Å². The van der Waals surface area contributed by atoms with Gasteiger partial charge in [-0.15, -0.1) is 0 Å². The van der Waals surface area contributed by atoms with E-state index in [4.69, 9.17) is 14.2 Å². The zero-order valence-electron chi connectivity index (χ0n) is 14.7. The van der Waals surface area contributed by atoms with Crippen LogP contribution in [0.4, 0.5) is 0 Å². The first-order chi connectivity index (χ1) is 13.5. The lowest BCUT2D eigenvalue weighted by Gasteiger charge is -2.07. The normalized spacial score (nSPS) is 12.0. The lowest BCUT2D eigenvalue weighted by molar-refractivity contribution is 0.0461. The van der Waals surface area contributed by atoms with Gasteiger partial charge in [0.25, 0.3) is 5.56 Å². The van der Waals surface area contributed by atoms with Crippen LogP contribution in [0.3, 0.4) is 0 Å². The van der Waals surface area contributed by atoms with Crippen LogP contribution in [0, 0.1) is 0 Å². The Labute approximate surface area is 157 Å². The van der Waals surface area contributed by atoms with Crippen LogP contribution in [0.25, 0.3) is 10.9 Å². The van der Waals surface area contributed by atoms with E-state index in [1.165, 1.54) is 31.4 Å². The van der Waals surface area contributed by atoms with Crippen LogP contribution in [0.15, 0.2) is 41.2 Å². The highest BCUT2D eigenvalue weighted by Crippen LogP contribution is 2.32. The van der Waals surface area contributed by atoms with E-state index in [1.54, 1.807) is 12.1 Å².